The molecule has 17 heavy (non-hydrogen) atoms. The van der Waals surface area contributed by atoms with Gasteiger partial charge in [0.1, 0.15) is 11.5 Å². The summed E-state index contributed by atoms with van der Waals surface area (Å²) in [4.78, 5) is 22.5. The van der Waals surface area contributed by atoms with Gasteiger partial charge in [-0.15, -0.1) is 0 Å². The summed E-state index contributed by atoms with van der Waals surface area (Å²) >= 11 is 0. The summed E-state index contributed by atoms with van der Waals surface area (Å²) in [6.07, 6.45) is 0. The summed E-state index contributed by atoms with van der Waals surface area (Å²) in [5, 5.41) is 3.68. The van der Waals surface area contributed by atoms with E-state index >= 15 is 0 Å². The number of ketones is 1. The van der Waals surface area contributed by atoms with E-state index in [0.29, 0.717) is 11.3 Å². The van der Waals surface area contributed by atoms with E-state index in [9.17, 15) is 9.59 Å². The molecule has 0 bridgehead atoms. The number of amides is 1. The number of hydrogen-bond donors (Lipinski definition) is 1. The Balaban J connectivity index is 2.70. The Labute approximate surface area is 99.5 Å². The van der Waals surface area contributed by atoms with E-state index in [-0.39, 0.29) is 17.4 Å². The van der Waals surface area contributed by atoms with Gasteiger partial charge in [0, 0.05) is 12.5 Å². The summed E-state index contributed by atoms with van der Waals surface area (Å²) in [5.41, 5.74) is 3.01. The highest BCUT2D eigenvalue weighted by molar-refractivity contribution is 6.38. The number of carbonyl (C=O) groups is 2. The van der Waals surface area contributed by atoms with Crippen molar-refractivity contribution in [2.45, 2.75) is 13.8 Å². The van der Waals surface area contributed by atoms with Crippen molar-refractivity contribution in [3.05, 3.63) is 29.8 Å². The second-order valence-corrected chi connectivity index (χ2v) is 3.42. The minimum atomic E-state index is -0.367. The summed E-state index contributed by atoms with van der Waals surface area (Å²) in [5.74, 6) is 0.123. The van der Waals surface area contributed by atoms with Gasteiger partial charge < -0.3 is 4.74 Å². The maximum atomic E-state index is 11.6. The molecule has 0 atom stereocenters. The number of benzene rings is 1. The molecule has 90 valence electrons. The van der Waals surface area contributed by atoms with E-state index in [2.05, 4.69) is 10.5 Å². The molecular formula is C12H14N2O3. The second kappa shape index (κ2) is 5.79. The summed E-state index contributed by atoms with van der Waals surface area (Å²) in [6.45, 7) is 2.93. The lowest BCUT2D eigenvalue weighted by Gasteiger charge is -2.02. The molecule has 1 amide bonds. The molecule has 0 fully saturated rings. The van der Waals surface area contributed by atoms with Gasteiger partial charge >= 0.3 is 0 Å². The fraction of sp³-hybridized carbons (Fsp3) is 0.250. The number of nitrogens with one attached hydrogen (secondary N) is 1. The van der Waals surface area contributed by atoms with Gasteiger partial charge in [-0.3, -0.25) is 9.59 Å². The third-order valence-electron chi connectivity index (χ3n) is 2.19. The lowest BCUT2D eigenvalue weighted by Crippen LogP contribution is -2.20. The third kappa shape index (κ3) is 3.71. The zero-order valence-electron chi connectivity index (χ0n) is 9.98. The van der Waals surface area contributed by atoms with Crippen LogP contribution in [0.3, 0.4) is 0 Å². The van der Waals surface area contributed by atoms with Crippen molar-refractivity contribution in [1.29, 1.82) is 0 Å². The molecule has 5 heteroatoms. The van der Waals surface area contributed by atoms with E-state index in [4.69, 9.17) is 4.74 Å². The monoisotopic (exact) mass is 234 g/mol. The average Bonchev–Trinajstić information content (AvgIpc) is 2.35. The Morgan fingerprint density at radius 2 is 1.76 bits per heavy atom. The molecule has 0 aliphatic carbocycles. The topological polar surface area (TPSA) is 67.8 Å². The van der Waals surface area contributed by atoms with E-state index in [0.717, 1.165) is 0 Å². The van der Waals surface area contributed by atoms with E-state index in [1.54, 1.807) is 31.4 Å². The molecule has 0 aliphatic heterocycles. The van der Waals surface area contributed by atoms with Crippen LogP contribution in [0.5, 0.6) is 5.75 Å². The first-order valence-electron chi connectivity index (χ1n) is 5.04. The Morgan fingerprint density at radius 3 is 2.24 bits per heavy atom. The van der Waals surface area contributed by atoms with Gasteiger partial charge in [-0.05, 0) is 31.2 Å². The van der Waals surface area contributed by atoms with Crippen molar-refractivity contribution >= 4 is 17.4 Å². The van der Waals surface area contributed by atoms with Crippen molar-refractivity contribution in [3.8, 4) is 5.75 Å². The van der Waals surface area contributed by atoms with Gasteiger partial charge in [0.05, 0.1) is 7.11 Å². The molecular weight excluding hydrogens is 220 g/mol. The molecule has 5 nitrogen and oxygen atoms in total. The summed E-state index contributed by atoms with van der Waals surface area (Å²) < 4.78 is 4.97. The molecule has 0 aliphatic rings. The van der Waals surface area contributed by atoms with E-state index in [1.807, 2.05) is 0 Å². The van der Waals surface area contributed by atoms with Crippen molar-refractivity contribution in [3.63, 3.8) is 0 Å². The largest absolute Gasteiger partial charge is 0.497 e. The van der Waals surface area contributed by atoms with Gasteiger partial charge in [0.15, 0.2) is 5.78 Å². The van der Waals surface area contributed by atoms with Crippen molar-refractivity contribution < 1.29 is 14.3 Å². The molecule has 1 rings (SSSR count). The van der Waals surface area contributed by atoms with Crippen LogP contribution < -0.4 is 10.2 Å². The fourth-order valence-corrected chi connectivity index (χ4v) is 1.02. The number of rotatable bonds is 4. The molecule has 0 saturated carbocycles. The predicted octanol–water partition coefficient (Wildman–Crippen LogP) is 1.39. The lowest BCUT2D eigenvalue weighted by molar-refractivity contribution is -0.111. The van der Waals surface area contributed by atoms with E-state index < -0.39 is 0 Å². The zero-order chi connectivity index (χ0) is 12.8. The molecule has 0 heterocycles. The Bertz CT molecular complexity index is 449. The maximum Gasteiger partial charge on any atom is 0.271 e. The van der Waals surface area contributed by atoms with Gasteiger partial charge in [-0.2, -0.15) is 5.10 Å². The van der Waals surface area contributed by atoms with Crippen molar-refractivity contribution in [2.75, 3.05) is 7.11 Å². The lowest BCUT2D eigenvalue weighted by atomic mass is 10.2. The smallest absolute Gasteiger partial charge is 0.271 e. The first kappa shape index (κ1) is 12.9. The highest BCUT2D eigenvalue weighted by Crippen LogP contribution is 2.10. The van der Waals surface area contributed by atoms with Gasteiger partial charge in [-0.25, -0.2) is 5.43 Å². The zero-order valence-corrected chi connectivity index (χ0v) is 9.98. The highest BCUT2D eigenvalue weighted by atomic mass is 16.5. The quantitative estimate of drug-likeness (QED) is 0.632. The first-order valence-corrected chi connectivity index (χ1v) is 5.04. The predicted molar refractivity (Wildman–Crippen MR) is 64.3 cm³/mol. The standard InChI is InChI=1S/C12H14N2O3/c1-8(9(2)15)13-14-12(16)10-4-6-11(17-3)7-5-10/h4-7H,1-3H3,(H,14,16)/b13-8+. The minimum Gasteiger partial charge on any atom is -0.497 e. The number of methoxy groups -OCH3 is 1. The number of ether oxygens (including phenoxy) is 1. The molecule has 0 aromatic heterocycles. The number of Topliss-reactive ketones (excluding diaryl/α,β-unsaturated/α-hetero) is 1. The van der Waals surface area contributed by atoms with Crippen LogP contribution in [0, 0.1) is 0 Å². The summed E-state index contributed by atoms with van der Waals surface area (Å²) in [6, 6.07) is 6.59. The Morgan fingerprint density at radius 1 is 1.18 bits per heavy atom. The van der Waals surface area contributed by atoms with Crippen LogP contribution in [0.1, 0.15) is 24.2 Å². The van der Waals surface area contributed by atoms with Crippen molar-refractivity contribution in [2.24, 2.45) is 5.10 Å². The number of nitrogens with zero attached hydrogens (tertiary/aromatic N) is 1. The van der Waals surface area contributed by atoms with Crippen LogP contribution in [0.25, 0.3) is 0 Å². The van der Waals surface area contributed by atoms with Crippen LogP contribution in [-0.2, 0) is 4.79 Å². The molecule has 0 saturated heterocycles. The van der Waals surface area contributed by atoms with Crippen LogP contribution in [0.2, 0.25) is 0 Å². The minimum absolute atomic E-state index is 0.181. The van der Waals surface area contributed by atoms with Gasteiger partial charge in [0.2, 0.25) is 0 Å². The molecule has 0 unspecified atom stereocenters. The summed E-state index contributed by atoms with van der Waals surface area (Å²) in [7, 11) is 1.55. The molecule has 1 aromatic rings. The highest BCUT2D eigenvalue weighted by Gasteiger charge is 2.05. The third-order valence-corrected chi connectivity index (χ3v) is 2.19. The maximum absolute atomic E-state index is 11.6. The Hall–Kier alpha value is -2.17. The molecule has 1 N–H and O–H groups in total. The number of carbonyl (C=O) groups excluding carboxylic acids is 2. The average molecular weight is 234 g/mol. The number of hydrogen-bond acceptors (Lipinski definition) is 4. The first-order chi connectivity index (χ1) is 8.04. The van der Waals surface area contributed by atoms with Crippen LogP contribution in [0.4, 0.5) is 0 Å². The fourth-order valence-electron chi connectivity index (χ4n) is 1.02. The Kier molecular flexibility index (Phi) is 4.39. The van der Waals surface area contributed by atoms with Crippen LogP contribution in [-0.4, -0.2) is 24.5 Å². The molecule has 1 aromatic carbocycles. The van der Waals surface area contributed by atoms with Gasteiger partial charge in [-0.1, -0.05) is 0 Å². The van der Waals surface area contributed by atoms with Gasteiger partial charge in [0.25, 0.3) is 5.91 Å². The molecule has 0 spiro atoms. The van der Waals surface area contributed by atoms with Crippen LogP contribution >= 0.6 is 0 Å². The van der Waals surface area contributed by atoms with E-state index in [1.165, 1.54) is 13.8 Å². The SMILES string of the molecule is COc1ccc(C(=O)N/N=C(\C)C(C)=O)cc1. The van der Waals surface area contributed by atoms with Crippen molar-refractivity contribution in [1.82, 2.24) is 5.43 Å². The molecule has 0 radical (unpaired) electrons. The second-order valence-electron chi connectivity index (χ2n) is 3.42. The number of hydrazone groups is 1. The normalized spacial score (nSPS) is 10.9. The van der Waals surface area contributed by atoms with Crippen LogP contribution in [0.15, 0.2) is 29.4 Å².